The summed E-state index contributed by atoms with van der Waals surface area (Å²) in [4.78, 5) is 9.74. The molecule has 0 unspecified atom stereocenters. The zero-order valence-electron chi connectivity index (χ0n) is 19.5. The fourth-order valence-corrected chi connectivity index (χ4v) is 4.87. The highest BCUT2D eigenvalue weighted by atomic mass is 35.5. The van der Waals surface area contributed by atoms with Crippen LogP contribution in [-0.4, -0.2) is 25.1 Å². The Morgan fingerprint density at radius 1 is 0.943 bits per heavy atom. The zero-order valence-corrected chi connectivity index (χ0v) is 21.1. The summed E-state index contributed by atoms with van der Waals surface area (Å²) in [5.74, 6) is 0. The molecule has 0 atom stereocenters. The number of carbonyl (C=O) groups is 1. The molecule has 0 saturated carbocycles. The maximum Gasteiger partial charge on any atom is 0.293 e. The molecule has 2 aliphatic rings. The summed E-state index contributed by atoms with van der Waals surface area (Å²) in [6.45, 7) is 5.92. The molecule has 6 nitrogen and oxygen atoms in total. The lowest BCUT2D eigenvalue weighted by molar-refractivity contribution is -0.138. The molecule has 0 aromatic heterocycles. The summed E-state index contributed by atoms with van der Waals surface area (Å²) < 4.78 is 31.5. The van der Waals surface area contributed by atoms with Crippen molar-refractivity contribution in [3.63, 3.8) is 0 Å². The van der Waals surface area contributed by atoms with Gasteiger partial charge < -0.3 is 9.30 Å². The van der Waals surface area contributed by atoms with Gasteiger partial charge in [0, 0.05) is 16.0 Å². The standard InChI is InChI=1S/C22H15ClN2O2S.C5H10O2/c23-16-12-9-14(10-13-16)8-11-15-4-3-6-18(22(15)28(24,26)27)21-20-17-5-1-2-7-19(17)25(20)21;1-5(2,3)7-4-6/h1-13H,(H2,24,26,27);4H,1-3H3. The first-order valence-electron chi connectivity index (χ1n) is 10.9. The Balaban J connectivity index is 0.000000364. The van der Waals surface area contributed by atoms with Crippen LogP contribution in [0.4, 0.5) is 0 Å². The Labute approximate surface area is 209 Å². The van der Waals surface area contributed by atoms with E-state index >= 15 is 0 Å². The lowest BCUT2D eigenvalue weighted by atomic mass is 10.1. The van der Waals surface area contributed by atoms with E-state index in [2.05, 4.69) is 9.30 Å². The third-order valence-corrected chi connectivity index (χ3v) is 6.61. The Morgan fingerprint density at radius 2 is 1.63 bits per heavy atom. The molecule has 0 saturated heterocycles. The van der Waals surface area contributed by atoms with Gasteiger partial charge in [0.15, 0.2) is 0 Å². The predicted molar refractivity (Wildman–Crippen MR) is 141 cm³/mol. The molecule has 0 aliphatic carbocycles. The van der Waals surface area contributed by atoms with Crippen LogP contribution < -0.4 is 5.14 Å². The van der Waals surface area contributed by atoms with Crippen LogP contribution >= 0.6 is 11.6 Å². The monoisotopic (exact) mass is 508 g/mol. The minimum Gasteiger partial charge on any atom is -0.462 e. The van der Waals surface area contributed by atoms with E-state index in [1.165, 1.54) is 0 Å². The first-order valence-corrected chi connectivity index (χ1v) is 12.8. The molecule has 0 radical (unpaired) electrons. The van der Waals surface area contributed by atoms with Crippen LogP contribution in [0.5, 0.6) is 0 Å². The molecule has 3 aromatic carbocycles. The second-order valence-electron chi connectivity index (χ2n) is 9.03. The minimum atomic E-state index is -3.92. The maximum absolute atomic E-state index is 12.5. The Kier molecular flexibility index (Phi) is 6.60. The molecule has 5 rings (SSSR count). The maximum atomic E-state index is 12.5. The van der Waals surface area contributed by atoms with Gasteiger partial charge in [-0.15, -0.1) is 0 Å². The number of sulfonamides is 1. The van der Waals surface area contributed by atoms with Crippen LogP contribution in [0.25, 0.3) is 40.0 Å². The lowest BCUT2D eigenvalue weighted by Gasteiger charge is -2.14. The van der Waals surface area contributed by atoms with Crippen molar-refractivity contribution in [2.75, 3.05) is 0 Å². The van der Waals surface area contributed by atoms with E-state index in [0.717, 1.165) is 27.8 Å². The van der Waals surface area contributed by atoms with Gasteiger partial charge >= 0.3 is 0 Å². The molecule has 0 fully saturated rings. The summed E-state index contributed by atoms with van der Waals surface area (Å²) in [5.41, 5.74) is 4.86. The van der Waals surface area contributed by atoms with Gasteiger partial charge in [-0.25, -0.2) is 13.6 Å². The third kappa shape index (κ3) is 5.32. The number of nitrogens with zero attached hydrogens (tertiary/aromatic N) is 1. The summed E-state index contributed by atoms with van der Waals surface area (Å²) >= 11 is 5.92. The van der Waals surface area contributed by atoms with Gasteiger partial charge in [0.1, 0.15) is 5.60 Å². The van der Waals surface area contributed by atoms with Crippen molar-refractivity contribution in [3.8, 4) is 16.9 Å². The number of ether oxygens (including phenoxy) is 1. The highest BCUT2D eigenvalue weighted by Gasteiger charge is 2.36. The predicted octanol–water partition coefficient (Wildman–Crippen LogP) is 6.04. The highest BCUT2D eigenvalue weighted by Crippen LogP contribution is 2.52. The van der Waals surface area contributed by atoms with Crippen molar-refractivity contribution < 1.29 is 17.9 Å². The van der Waals surface area contributed by atoms with E-state index in [1.807, 2.05) is 69.3 Å². The first kappa shape index (κ1) is 24.7. The Morgan fingerprint density at radius 3 is 2.20 bits per heavy atom. The topological polar surface area (TPSA) is 91.4 Å². The van der Waals surface area contributed by atoms with Crippen LogP contribution in [0, 0.1) is 0 Å². The number of halogens is 1. The van der Waals surface area contributed by atoms with Crippen LogP contribution in [0.15, 0.2) is 71.6 Å². The van der Waals surface area contributed by atoms with Crippen LogP contribution in [0.2, 0.25) is 5.02 Å². The number of benzene rings is 3. The first-order chi connectivity index (χ1) is 16.5. The highest BCUT2D eigenvalue weighted by molar-refractivity contribution is 7.89. The molecule has 0 bridgehead atoms. The third-order valence-electron chi connectivity index (χ3n) is 5.33. The van der Waals surface area contributed by atoms with Gasteiger partial charge in [0.2, 0.25) is 10.0 Å². The molecule has 0 amide bonds. The van der Waals surface area contributed by atoms with Gasteiger partial charge in [-0.05, 0) is 50.1 Å². The molecule has 8 heteroatoms. The Bertz CT molecular complexity index is 1510. The fraction of sp³-hybridized carbons (Fsp3) is 0.148. The number of carbonyl (C=O) groups excluding carboxylic acids is 1. The van der Waals surface area contributed by atoms with Crippen molar-refractivity contribution in [3.05, 3.63) is 82.9 Å². The van der Waals surface area contributed by atoms with Crippen molar-refractivity contribution >= 4 is 51.2 Å². The molecular formula is C27H25ClN2O4S. The number of aromatic nitrogens is 1. The molecule has 35 heavy (non-hydrogen) atoms. The molecule has 180 valence electrons. The summed E-state index contributed by atoms with van der Waals surface area (Å²) in [7, 11) is -3.92. The number of rotatable bonds is 5. The summed E-state index contributed by atoms with van der Waals surface area (Å²) in [6, 6.07) is 20.7. The summed E-state index contributed by atoms with van der Waals surface area (Å²) in [6.07, 6.45) is 3.61. The fourth-order valence-electron chi connectivity index (χ4n) is 3.81. The Hall–Kier alpha value is -3.39. The van der Waals surface area contributed by atoms with E-state index in [1.54, 1.807) is 30.3 Å². The van der Waals surface area contributed by atoms with E-state index in [9.17, 15) is 13.2 Å². The van der Waals surface area contributed by atoms with Gasteiger partial charge in [0.05, 0.1) is 21.8 Å². The molecule has 0 spiro atoms. The van der Waals surface area contributed by atoms with E-state index in [0.29, 0.717) is 22.6 Å². The quantitative estimate of drug-likeness (QED) is 0.231. The number of nitrogens with two attached hydrogens (primary N) is 1. The van der Waals surface area contributed by atoms with E-state index < -0.39 is 10.0 Å². The normalized spacial score (nSPS) is 12.4. The van der Waals surface area contributed by atoms with Crippen molar-refractivity contribution in [1.82, 2.24) is 4.57 Å². The average molecular weight is 509 g/mol. The lowest BCUT2D eigenvalue weighted by Crippen LogP contribution is -2.17. The number of hydrogen-bond donors (Lipinski definition) is 1. The largest absolute Gasteiger partial charge is 0.462 e. The van der Waals surface area contributed by atoms with Crippen LogP contribution in [0.3, 0.4) is 0 Å². The van der Waals surface area contributed by atoms with Crippen molar-refractivity contribution in [2.45, 2.75) is 31.3 Å². The number of hydrogen-bond acceptors (Lipinski definition) is 4. The van der Waals surface area contributed by atoms with Gasteiger partial charge in [0.25, 0.3) is 6.47 Å². The second kappa shape index (κ2) is 9.34. The molecule has 2 N–H and O–H groups in total. The van der Waals surface area contributed by atoms with Gasteiger partial charge in [-0.1, -0.05) is 72.3 Å². The number of primary sulfonamides is 1. The average Bonchev–Trinajstić information content (AvgIpc) is 3.44. The van der Waals surface area contributed by atoms with Crippen molar-refractivity contribution in [1.29, 1.82) is 0 Å². The second-order valence-corrected chi connectivity index (χ2v) is 11.0. The van der Waals surface area contributed by atoms with Crippen molar-refractivity contribution in [2.24, 2.45) is 5.14 Å². The van der Waals surface area contributed by atoms with Gasteiger partial charge in [-0.3, -0.25) is 4.79 Å². The number of fused-ring (bicyclic) bond motifs is 4. The van der Waals surface area contributed by atoms with Crippen LogP contribution in [0.1, 0.15) is 31.9 Å². The van der Waals surface area contributed by atoms with E-state index in [4.69, 9.17) is 16.7 Å². The summed E-state index contributed by atoms with van der Waals surface area (Å²) in [5, 5.41) is 7.40. The minimum absolute atomic E-state index is 0.142. The SMILES string of the molecule is CC(C)(C)OC=O.NS(=O)(=O)c1c(C=Cc2ccc(Cl)cc2)cccc1-c1c2c3ccccc3n1-2. The van der Waals surface area contributed by atoms with Gasteiger partial charge in [-0.2, -0.15) is 0 Å². The molecule has 3 aromatic rings. The molecular weight excluding hydrogens is 484 g/mol. The molecule has 2 heterocycles. The van der Waals surface area contributed by atoms with Crippen LogP contribution in [-0.2, 0) is 19.6 Å². The molecule has 2 aliphatic heterocycles. The smallest absolute Gasteiger partial charge is 0.293 e. The zero-order chi connectivity index (χ0) is 25.4. The number of para-hydroxylation sites is 1. The van der Waals surface area contributed by atoms with E-state index in [-0.39, 0.29) is 10.5 Å².